The minimum Gasteiger partial charge on any atom is -0.458 e. The highest BCUT2D eigenvalue weighted by molar-refractivity contribution is 5.93. The smallest absolute Gasteiger partial charge is 0.343 e. The van der Waals surface area contributed by atoms with Gasteiger partial charge in [-0.05, 0) is 75.4 Å². The first-order valence-electron chi connectivity index (χ1n) is 15.6. The third-order valence-electron chi connectivity index (χ3n) is 10.1. The summed E-state index contributed by atoms with van der Waals surface area (Å²) in [5.74, 6) is -0.218. The first kappa shape index (κ1) is 28.0. The van der Waals surface area contributed by atoms with Crippen molar-refractivity contribution in [2.45, 2.75) is 83.6 Å². The van der Waals surface area contributed by atoms with Gasteiger partial charge in [-0.1, -0.05) is 20.3 Å². The van der Waals surface area contributed by atoms with Gasteiger partial charge in [0.05, 0.1) is 34.7 Å². The summed E-state index contributed by atoms with van der Waals surface area (Å²) in [5.41, 5.74) is 3.29. The first-order valence-corrected chi connectivity index (χ1v) is 15.6. The lowest BCUT2D eigenvalue weighted by atomic mass is 9.86. The Morgan fingerprint density at radius 1 is 1.07 bits per heavy atom. The number of aromatic nitrogens is 2. The maximum Gasteiger partial charge on any atom is 0.343 e. The molecule has 0 radical (unpaired) electrons. The van der Waals surface area contributed by atoms with Crippen LogP contribution in [-0.4, -0.2) is 64.2 Å². The summed E-state index contributed by atoms with van der Waals surface area (Å²) < 4.78 is 12.4. The number of nitrogens with zero attached hydrogens (tertiary/aromatic N) is 4. The number of pyridine rings is 2. The van der Waals surface area contributed by atoms with Crippen molar-refractivity contribution < 1.29 is 24.2 Å². The van der Waals surface area contributed by atoms with Crippen LogP contribution in [0.25, 0.3) is 22.3 Å². The van der Waals surface area contributed by atoms with Crippen LogP contribution in [0.15, 0.2) is 23.0 Å². The van der Waals surface area contributed by atoms with E-state index in [9.17, 15) is 19.5 Å². The van der Waals surface area contributed by atoms with Gasteiger partial charge >= 0.3 is 5.97 Å². The predicted octanol–water partition coefficient (Wildman–Crippen LogP) is 3.63. The topological polar surface area (TPSA) is 114 Å². The van der Waals surface area contributed by atoms with Crippen molar-refractivity contribution in [2.75, 3.05) is 31.1 Å². The SMILES string of the molecule is CCc1c2c(nc3cc(N4CCC(N5CCCCC5)CC4)c(OC=O)cc13)-c1cc3c(c(=O)n1C2)COC(=O)C3(O)CC. The maximum atomic E-state index is 13.7. The molecular weight excluding hydrogens is 548 g/mol. The van der Waals surface area contributed by atoms with E-state index in [-0.39, 0.29) is 18.6 Å². The molecule has 1 N–H and O–H groups in total. The Kier molecular flexibility index (Phi) is 7.01. The molecule has 226 valence electrons. The number of carbonyl (C=O) groups is 2. The van der Waals surface area contributed by atoms with Crippen LogP contribution in [0.1, 0.15) is 74.6 Å². The van der Waals surface area contributed by atoms with E-state index < -0.39 is 11.6 Å². The standard InChI is InChI=1S/C33H38N4O6/c1-3-21-22-14-29(43-19-38)27(36-12-8-20(9-13-36)35-10-6-5-7-11-35)16-26(22)34-30-23(21)17-37-28(30)15-25-24(31(37)39)18-42-32(40)33(25,41)4-2/h14-16,19-20,41H,3-13,17-18H2,1-2H3. The molecule has 0 amide bonds. The molecular formula is C33H38N4O6. The lowest BCUT2D eigenvalue weighted by Gasteiger charge is -2.41. The molecule has 4 aliphatic heterocycles. The molecule has 1 atom stereocenters. The zero-order chi connectivity index (χ0) is 29.9. The molecule has 0 saturated carbocycles. The van der Waals surface area contributed by atoms with E-state index in [0.29, 0.717) is 53.7 Å². The van der Waals surface area contributed by atoms with Gasteiger partial charge in [-0.15, -0.1) is 0 Å². The monoisotopic (exact) mass is 586 g/mol. The lowest BCUT2D eigenvalue weighted by molar-refractivity contribution is -0.172. The van der Waals surface area contributed by atoms with E-state index >= 15 is 0 Å². The van der Waals surface area contributed by atoms with Crippen molar-refractivity contribution in [1.29, 1.82) is 0 Å². The third kappa shape index (κ3) is 4.37. The van der Waals surface area contributed by atoms with E-state index in [0.717, 1.165) is 53.6 Å². The van der Waals surface area contributed by atoms with Gasteiger partial charge in [0.1, 0.15) is 6.61 Å². The molecule has 10 nitrogen and oxygen atoms in total. The second kappa shape index (κ2) is 10.7. The fourth-order valence-corrected chi connectivity index (χ4v) is 7.73. The highest BCUT2D eigenvalue weighted by Gasteiger charge is 2.45. The minimum atomic E-state index is -1.87. The molecule has 3 aromatic rings. The van der Waals surface area contributed by atoms with E-state index in [1.807, 2.05) is 12.1 Å². The Morgan fingerprint density at radius 2 is 1.84 bits per heavy atom. The molecule has 43 heavy (non-hydrogen) atoms. The van der Waals surface area contributed by atoms with Crippen LogP contribution in [-0.2, 0) is 39.5 Å². The van der Waals surface area contributed by atoms with Crippen LogP contribution in [0, 0.1) is 0 Å². The summed E-state index contributed by atoms with van der Waals surface area (Å²) in [6, 6.07) is 6.26. The Labute approximate surface area is 250 Å². The number of anilines is 1. The number of cyclic esters (lactones) is 1. The average Bonchev–Trinajstić information content (AvgIpc) is 3.41. The van der Waals surface area contributed by atoms with Crippen molar-refractivity contribution in [1.82, 2.24) is 14.5 Å². The second-order valence-electron chi connectivity index (χ2n) is 12.2. The molecule has 2 aromatic heterocycles. The number of hydrogen-bond donors (Lipinski definition) is 1. The van der Waals surface area contributed by atoms with Gasteiger partial charge in [-0.2, -0.15) is 0 Å². The van der Waals surface area contributed by atoms with Crippen LogP contribution < -0.4 is 15.2 Å². The zero-order valence-electron chi connectivity index (χ0n) is 24.9. The van der Waals surface area contributed by atoms with Gasteiger partial charge in [0.15, 0.2) is 11.4 Å². The number of benzene rings is 1. The van der Waals surface area contributed by atoms with E-state index in [2.05, 4.69) is 16.7 Å². The molecule has 2 fully saturated rings. The minimum absolute atomic E-state index is 0.0945. The van der Waals surface area contributed by atoms with Crippen molar-refractivity contribution in [3.63, 3.8) is 0 Å². The van der Waals surface area contributed by atoms with Gasteiger partial charge in [-0.3, -0.25) is 9.59 Å². The number of likely N-dealkylation sites (tertiary alicyclic amines) is 1. The van der Waals surface area contributed by atoms with Crippen LogP contribution in [0.4, 0.5) is 5.69 Å². The number of rotatable bonds is 6. The van der Waals surface area contributed by atoms with Crippen molar-refractivity contribution in [3.05, 3.63) is 50.8 Å². The van der Waals surface area contributed by atoms with Crippen LogP contribution in [0.5, 0.6) is 5.75 Å². The predicted molar refractivity (Wildman–Crippen MR) is 161 cm³/mol. The maximum absolute atomic E-state index is 13.7. The normalized spacial score (nSPS) is 22.2. The zero-order valence-corrected chi connectivity index (χ0v) is 24.9. The Bertz CT molecular complexity index is 1690. The average molecular weight is 587 g/mol. The van der Waals surface area contributed by atoms with Gasteiger partial charge in [0.2, 0.25) is 0 Å². The highest BCUT2D eigenvalue weighted by Crippen LogP contribution is 2.43. The molecule has 0 bridgehead atoms. The number of ether oxygens (including phenoxy) is 2. The fraction of sp³-hybridized carbons (Fsp3) is 0.515. The number of piperidine rings is 2. The molecule has 6 heterocycles. The summed E-state index contributed by atoms with van der Waals surface area (Å²) in [4.78, 5) is 47.9. The summed E-state index contributed by atoms with van der Waals surface area (Å²) in [7, 11) is 0. The van der Waals surface area contributed by atoms with Gasteiger partial charge in [0, 0.05) is 35.6 Å². The molecule has 7 rings (SSSR count). The number of hydrogen-bond acceptors (Lipinski definition) is 9. The van der Waals surface area contributed by atoms with Crippen molar-refractivity contribution in [2.24, 2.45) is 0 Å². The fourth-order valence-electron chi connectivity index (χ4n) is 7.73. The number of fused-ring (bicyclic) bond motifs is 5. The van der Waals surface area contributed by atoms with Crippen molar-refractivity contribution >= 4 is 29.0 Å². The summed E-state index contributed by atoms with van der Waals surface area (Å²) >= 11 is 0. The molecule has 2 saturated heterocycles. The molecule has 10 heteroatoms. The van der Waals surface area contributed by atoms with Crippen LogP contribution in [0.2, 0.25) is 0 Å². The first-order chi connectivity index (χ1) is 20.9. The second-order valence-corrected chi connectivity index (χ2v) is 12.2. The summed E-state index contributed by atoms with van der Waals surface area (Å²) in [6.45, 7) is 8.50. The van der Waals surface area contributed by atoms with Gasteiger partial charge in [0.25, 0.3) is 12.0 Å². The number of aliphatic hydroxyl groups is 1. The van der Waals surface area contributed by atoms with Crippen LogP contribution >= 0.6 is 0 Å². The van der Waals surface area contributed by atoms with Gasteiger partial charge in [-0.25, -0.2) is 9.78 Å². The third-order valence-corrected chi connectivity index (χ3v) is 10.1. The van der Waals surface area contributed by atoms with Crippen molar-refractivity contribution in [3.8, 4) is 17.1 Å². The van der Waals surface area contributed by atoms with E-state index in [1.54, 1.807) is 17.6 Å². The van der Waals surface area contributed by atoms with Crippen LogP contribution in [0.3, 0.4) is 0 Å². The Hall–Kier alpha value is -3.76. The van der Waals surface area contributed by atoms with E-state index in [4.69, 9.17) is 14.5 Å². The highest BCUT2D eigenvalue weighted by atomic mass is 16.6. The number of aryl methyl sites for hydroxylation is 1. The Balaban J connectivity index is 1.32. The number of carbonyl (C=O) groups excluding carboxylic acids is 2. The lowest BCUT2D eigenvalue weighted by Crippen LogP contribution is -2.46. The molecule has 0 spiro atoms. The summed E-state index contributed by atoms with van der Waals surface area (Å²) in [5, 5.41) is 12.1. The van der Waals surface area contributed by atoms with E-state index in [1.165, 1.54) is 32.4 Å². The largest absolute Gasteiger partial charge is 0.458 e. The number of esters is 1. The molecule has 0 aliphatic carbocycles. The molecule has 1 unspecified atom stereocenters. The quantitative estimate of drug-likeness (QED) is 0.267. The van der Waals surface area contributed by atoms with Gasteiger partial charge < -0.3 is 28.9 Å². The Morgan fingerprint density at radius 3 is 2.53 bits per heavy atom. The molecule has 4 aliphatic rings. The summed E-state index contributed by atoms with van der Waals surface area (Å²) in [6.07, 6.45) is 6.77. The molecule has 1 aromatic carbocycles.